The average Bonchev–Trinajstić information content (AvgIpc) is 3.00. The molecule has 15 nitrogen and oxygen atoms in total. The van der Waals surface area contributed by atoms with Crippen molar-refractivity contribution in [3.05, 3.63) is 0 Å². The van der Waals surface area contributed by atoms with Crippen molar-refractivity contribution in [3.8, 4) is 0 Å². The Kier molecular flexibility index (Phi) is 39.7. The smallest absolute Gasteiger partial charge is 0.446 e. The quantitative estimate of drug-likeness (QED) is 0.0652. The average molecular weight is 715 g/mol. The molecule has 0 spiro atoms. The number of esters is 1. The summed E-state index contributed by atoms with van der Waals surface area (Å²) in [4.78, 5) is 30.3. The first-order valence-corrected chi connectivity index (χ1v) is 15.4. The topological polar surface area (TPSA) is 173 Å². The lowest BCUT2D eigenvalue weighted by Crippen LogP contribution is -2.24. The molecule has 48 heavy (non-hydrogen) atoms. The van der Waals surface area contributed by atoms with Gasteiger partial charge in [-0.1, -0.05) is 0 Å². The first-order chi connectivity index (χ1) is 22.8. The van der Waals surface area contributed by atoms with Crippen LogP contribution in [-0.4, -0.2) is 168 Å². The van der Waals surface area contributed by atoms with Gasteiger partial charge in [-0.2, -0.15) is 13.2 Å². The highest BCUT2D eigenvalue weighted by molar-refractivity contribution is 5.69. The third-order valence-corrected chi connectivity index (χ3v) is 4.56. The lowest BCUT2D eigenvalue weighted by molar-refractivity contribution is -0.156. The Morgan fingerprint density at radius 2 is 0.771 bits per heavy atom. The summed E-state index contributed by atoms with van der Waals surface area (Å²) in [7, 11) is 3.26. The van der Waals surface area contributed by atoms with Crippen LogP contribution < -0.4 is 0 Å². The number of methoxy groups -OCH3 is 2. The van der Waals surface area contributed by atoms with Crippen molar-refractivity contribution in [2.45, 2.75) is 45.4 Å². The van der Waals surface area contributed by atoms with Crippen LogP contribution in [0, 0.1) is 0 Å². The Bertz CT molecular complexity index is 708. The van der Waals surface area contributed by atoms with Gasteiger partial charge in [-0.15, -0.1) is 0 Å². The second-order valence-electron chi connectivity index (χ2n) is 10.0. The SMILES string of the molecule is COCCOCCOCCOCCOCCC(=O)O.COCCOCCOCCOCCOCCC(=O)OC(C)(C)C.O=CC(F)(F)F. The second kappa shape index (κ2) is 37.8. The first-order valence-electron chi connectivity index (χ1n) is 15.4. The van der Waals surface area contributed by atoms with E-state index in [0.717, 1.165) is 0 Å². The first kappa shape index (κ1) is 50.4. The number of ether oxygens (including phenoxy) is 11. The van der Waals surface area contributed by atoms with E-state index < -0.39 is 24.0 Å². The highest BCUT2D eigenvalue weighted by Crippen LogP contribution is 2.08. The molecule has 0 bridgehead atoms. The fraction of sp³-hybridized carbons (Fsp3) is 0.900. The minimum absolute atomic E-state index is 0.0200. The van der Waals surface area contributed by atoms with E-state index in [1.165, 1.54) is 0 Å². The number of carboxylic acids is 1. The van der Waals surface area contributed by atoms with Crippen LogP contribution in [0.2, 0.25) is 0 Å². The zero-order valence-electron chi connectivity index (χ0n) is 29.0. The number of carbonyl (C=O) groups excluding carboxylic acids is 2. The molecular formula is C30H57F3O15. The van der Waals surface area contributed by atoms with Crippen molar-refractivity contribution >= 4 is 18.2 Å². The minimum Gasteiger partial charge on any atom is -0.481 e. The van der Waals surface area contributed by atoms with Crippen molar-refractivity contribution in [2.75, 3.05) is 133 Å². The summed E-state index contributed by atoms with van der Waals surface area (Å²) in [5.74, 6) is -1.11. The molecule has 0 saturated heterocycles. The number of carboxylic acid groups (broad SMARTS) is 1. The van der Waals surface area contributed by atoms with Crippen LogP contribution in [-0.2, 0) is 66.5 Å². The summed E-state index contributed by atoms with van der Waals surface area (Å²) in [6.45, 7) is 14.4. The molecule has 0 aromatic rings. The van der Waals surface area contributed by atoms with Crippen molar-refractivity contribution < 1.29 is 84.8 Å². The summed E-state index contributed by atoms with van der Waals surface area (Å²) >= 11 is 0. The van der Waals surface area contributed by atoms with Gasteiger partial charge in [-0.05, 0) is 20.8 Å². The van der Waals surface area contributed by atoms with Gasteiger partial charge in [-0.3, -0.25) is 14.4 Å². The zero-order valence-corrected chi connectivity index (χ0v) is 29.0. The molecule has 0 fully saturated rings. The molecule has 0 aromatic heterocycles. The molecule has 0 saturated carbocycles. The number of carbonyl (C=O) groups is 3. The fourth-order valence-corrected chi connectivity index (χ4v) is 2.52. The maximum absolute atomic E-state index is 11.4. The number of alkyl halides is 3. The molecule has 0 amide bonds. The lowest BCUT2D eigenvalue weighted by Gasteiger charge is -2.19. The van der Waals surface area contributed by atoms with Gasteiger partial charge in [0.1, 0.15) is 5.60 Å². The number of aliphatic carboxylic acids is 1. The van der Waals surface area contributed by atoms with Gasteiger partial charge in [0.15, 0.2) is 0 Å². The highest BCUT2D eigenvalue weighted by Gasteiger charge is 2.24. The molecule has 0 unspecified atom stereocenters. The Morgan fingerprint density at radius 1 is 0.521 bits per heavy atom. The summed E-state index contributed by atoms with van der Waals surface area (Å²) < 4.78 is 88.1. The normalized spacial score (nSPS) is 11.2. The van der Waals surface area contributed by atoms with E-state index >= 15 is 0 Å². The van der Waals surface area contributed by atoms with Gasteiger partial charge in [0.2, 0.25) is 6.29 Å². The number of hydrogen-bond acceptors (Lipinski definition) is 14. The van der Waals surface area contributed by atoms with Crippen LogP contribution >= 0.6 is 0 Å². The molecule has 1 N–H and O–H groups in total. The summed E-state index contributed by atoms with van der Waals surface area (Å²) in [6.07, 6.45) is -5.43. The Balaban J connectivity index is -0.000000729. The van der Waals surface area contributed by atoms with Crippen LogP contribution in [0.5, 0.6) is 0 Å². The van der Waals surface area contributed by atoms with Gasteiger partial charge in [-0.25, -0.2) is 0 Å². The fourth-order valence-electron chi connectivity index (χ4n) is 2.52. The molecule has 0 radical (unpaired) electrons. The molecule has 0 aromatic carbocycles. The molecule has 0 heterocycles. The van der Waals surface area contributed by atoms with E-state index in [9.17, 15) is 22.8 Å². The predicted molar refractivity (Wildman–Crippen MR) is 165 cm³/mol. The molecule has 288 valence electrons. The molecule has 0 atom stereocenters. The summed E-state index contributed by atoms with van der Waals surface area (Å²) in [6, 6.07) is 0. The van der Waals surface area contributed by atoms with Crippen molar-refractivity contribution in [1.29, 1.82) is 0 Å². The largest absolute Gasteiger partial charge is 0.481 e. The molecule has 0 aliphatic rings. The van der Waals surface area contributed by atoms with Gasteiger partial charge in [0, 0.05) is 14.2 Å². The predicted octanol–water partition coefficient (Wildman–Crippen LogP) is 2.35. The summed E-state index contributed by atoms with van der Waals surface area (Å²) in [5.41, 5.74) is -0.449. The Labute approximate surface area is 281 Å². The van der Waals surface area contributed by atoms with Crippen LogP contribution in [0.1, 0.15) is 33.6 Å². The van der Waals surface area contributed by atoms with E-state index in [1.807, 2.05) is 20.8 Å². The Morgan fingerprint density at radius 3 is 1.00 bits per heavy atom. The molecule has 0 rings (SSSR count). The van der Waals surface area contributed by atoms with Crippen LogP contribution in [0.4, 0.5) is 13.2 Å². The number of rotatable bonds is 30. The van der Waals surface area contributed by atoms with E-state index in [0.29, 0.717) is 112 Å². The monoisotopic (exact) mass is 714 g/mol. The molecule has 0 aliphatic heterocycles. The van der Waals surface area contributed by atoms with Gasteiger partial charge in [0.25, 0.3) is 0 Å². The third-order valence-electron chi connectivity index (χ3n) is 4.56. The standard InChI is InChI=1S/C16H32O7.C12H24O7.C2HF3O/c1-16(2,3)23-15(17)5-6-19-9-10-21-13-14-22-12-11-20-8-7-18-4;1-15-4-5-17-8-9-19-11-10-18-7-6-16-3-2-12(13)14;3-2(4,5)1-6/h5-14H2,1-4H3;2-11H2,1H3,(H,13,14);1H. The van der Waals surface area contributed by atoms with Crippen LogP contribution in [0.15, 0.2) is 0 Å². The number of halogens is 3. The van der Waals surface area contributed by atoms with Crippen LogP contribution in [0.25, 0.3) is 0 Å². The number of hydrogen-bond donors (Lipinski definition) is 1. The van der Waals surface area contributed by atoms with Gasteiger partial charge >= 0.3 is 18.1 Å². The molecular weight excluding hydrogens is 657 g/mol. The maximum atomic E-state index is 11.4. The molecule has 18 heteroatoms. The lowest BCUT2D eigenvalue weighted by atomic mass is 10.2. The third kappa shape index (κ3) is 56.3. The van der Waals surface area contributed by atoms with E-state index in [1.54, 1.807) is 14.2 Å². The molecule has 0 aliphatic carbocycles. The van der Waals surface area contributed by atoms with E-state index in [4.69, 9.17) is 62.0 Å². The maximum Gasteiger partial charge on any atom is 0.446 e. The van der Waals surface area contributed by atoms with Gasteiger partial charge < -0.3 is 57.2 Å². The summed E-state index contributed by atoms with van der Waals surface area (Å²) in [5, 5.41) is 8.36. The number of aldehydes is 1. The van der Waals surface area contributed by atoms with Crippen molar-refractivity contribution in [2.24, 2.45) is 0 Å². The van der Waals surface area contributed by atoms with Crippen molar-refractivity contribution in [3.63, 3.8) is 0 Å². The highest BCUT2D eigenvalue weighted by atomic mass is 19.4. The second-order valence-corrected chi connectivity index (χ2v) is 10.0. The van der Waals surface area contributed by atoms with Crippen LogP contribution in [0.3, 0.4) is 0 Å². The van der Waals surface area contributed by atoms with Crippen molar-refractivity contribution in [1.82, 2.24) is 0 Å². The minimum atomic E-state index is -4.64. The Hall–Kier alpha value is -2.00. The van der Waals surface area contributed by atoms with Gasteiger partial charge in [0.05, 0.1) is 132 Å². The van der Waals surface area contributed by atoms with E-state index in [-0.39, 0.29) is 25.4 Å². The van der Waals surface area contributed by atoms with E-state index in [2.05, 4.69) is 0 Å². The zero-order chi connectivity index (χ0) is 36.8.